The van der Waals surface area contributed by atoms with Crippen LogP contribution in [0.1, 0.15) is 29.6 Å². The van der Waals surface area contributed by atoms with Crippen LogP contribution in [0.15, 0.2) is 73.4 Å². The van der Waals surface area contributed by atoms with Crippen molar-refractivity contribution < 1.29 is 19.1 Å². The molecule has 3 aromatic rings. The molecule has 194 valence electrons. The number of amides is 1. The number of carbonyl (C=O) groups is 2. The molecule has 9 heteroatoms. The van der Waals surface area contributed by atoms with Crippen LogP contribution in [0.25, 0.3) is 0 Å². The Morgan fingerprint density at radius 3 is 2.42 bits per heavy atom. The smallest absolute Gasteiger partial charge is 0.255 e. The molecule has 9 nitrogen and oxygen atoms in total. The number of ether oxygens (including phenoxy) is 2. The van der Waals surface area contributed by atoms with Crippen LogP contribution in [0.2, 0.25) is 0 Å². The van der Waals surface area contributed by atoms with Gasteiger partial charge in [-0.3, -0.25) is 14.5 Å². The highest BCUT2D eigenvalue weighted by atomic mass is 16.5. The van der Waals surface area contributed by atoms with Gasteiger partial charge < -0.3 is 20.1 Å². The van der Waals surface area contributed by atoms with Gasteiger partial charge in [-0.05, 0) is 67.7 Å². The molecule has 3 aliphatic heterocycles. The molecule has 1 aromatic heterocycles. The van der Waals surface area contributed by atoms with Crippen molar-refractivity contribution in [1.29, 1.82) is 0 Å². The first-order valence-corrected chi connectivity index (χ1v) is 12.8. The first-order valence-electron chi connectivity index (χ1n) is 12.8. The minimum atomic E-state index is -0.667. The van der Waals surface area contributed by atoms with Crippen molar-refractivity contribution in [2.45, 2.75) is 30.8 Å². The third-order valence-corrected chi connectivity index (χ3v) is 7.85. The van der Waals surface area contributed by atoms with Crippen LogP contribution in [-0.2, 0) is 4.79 Å². The highest BCUT2D eigenvalue weighted by Crippen LogP contribution is 2.48. The lowest BCUT2D eigenvalue weighted by Gasteiger charge is -2.59. The number of benzene rings is 2. The van der Waals surface area contributed by atoms with Crippen LogP contribution in [0, 0.1) is 5.92 Å². The van der Waals surface area contributed by atoms with Gasteiger partial charge in [-0.2, -0.15) is 4.98 Å². The molecule has 2 N–H and O–H groups in total. The van der Waals surface area contributed by atoms with Crippen LogP contribution in [0.4, 0.5) is 5.95 Å². The Hall–Kier alpha value is -4.24. The highest BCUT2D eigenvalue weighted by Gasteiger charge is 2.59. The maximum atomic E-state index is 12.7. The number of rotatable bonds is 8. The molecular weight excluding hydrogens is 482 g/mol. The second-order valence-corrected chi connectivity index (χ2v) is 10.2. The number of para-hydroxylation sites is 1. The van der Waals surface area contributed by atoms with E-state index >= 15 is 0 Å². The fourth-order valence-corrected chi connectivity index (χ4v) is 5.98. The van der Waals surface area contributed by atoms with E-state index in [1.54, 1.807) is 24.3 Å². The van der Waals surface area contributed by atoms with Crippen molar-refractivity contribution in [2.75, 3.05) is 24.5 Å². The molecule has 3 fully saturated rings. The van der Waals surface area contributed by atoms with Crippen molar-refractivity contribution in [3.63, 3.8) is 0 Å². The Morgan fingerprint density at radius 2 is 1.71 bits per heavy atom. The molecule has 1 amide bonds. The van der Waals surface area contributed by atoms with Crippen molar-refractivity contribution in [3.05, 3.63) is 79.0 Å². The van der Waals surface area contributed by atoms with E-state index in [1.165, 1.54) is 12.3 Å². The summed E-state index contributed by atoms with van der Waals surface area (Å²) < 4.78 is 11.9. The molecule has 38 heavy (non-hydrogen) atoms. The summed E-state index contributed by atoms with van der Waals surface area (Å²) in [5.41, 5.74) is 5.32. The number of nitrogens with zero attached hydrogens (tertiary/aromatic N) is 4. The van der Waals surface area contributed by atoms with Gasteiger partial charge in [0.1, 0.15) is 22.8 Å². The molecule has 2 bridgehead atoms. The van der Waals surface area contributed by atoms with E-state index in [0.717, 1.165) is 38.1 Å². The highest BCUT2D eigenvalue weighted by molar-refractivity contribution is 5.98. The Morgan fingerprint density at radius 1 is 1.00 bits per heavy atom. The predicted molar refractivity (Wildman–Crippen MR) is 142 cm³/mol. The largest absolute Gasteiger partial charge is 0.457 e. The number of primary amides is 1. The zero-order chi connectivity index (χ0) is 26.3. The van der Waals surface area contributed by atoms with Crippen LogP contribution < -0.4 is 20.1 Å². The standard InChI is InChI=1S/C29H29N5O4/c1-2-25(35)29-13-12-19-16-33(18-20(14-29)34(29)17-19)28-31-15-24(26(30)36)27(32-28)38-23-10-8-22(9-11-23)37-21-6-4-3-5-7-21/h2-11,15,19-20H,1,12-14,16-18H2,(H2,30,36). The van der Waals surface area contributed by atoms with Gasteiger partial charge in [0.2, 0.25) is 11.8 Å². The Kier molecular flexibility index (Phi) is 6.07. The molecule has 3 aliphatic rings. The number of nitrogens with two attached hydrogens (primary N) is 1. The number of piperidine rings is 1. The fourth-order valence-electron chi connectivity index (χ4n) is 5.98. The SMILES string of the molecule is C=CC(=O)C12CCC3CN(c4ncc(C(N)=O)c(Oc5ccc(Oc6ccccc6)cc5)n4)CC(C1)N2C3. The van der Waals surface area contributed by atoms with Gasteiger partial charge in [-0.1, -0.05) is 24.8 Å². The van der Waals surface area contributed by atoms with E-state index in [4.69, 9.17) is 15.2 Å². The van der Waals surface area contributed by atoms with Crippen LogP contribution >= 0.6 is 0 Å². The Balaban J connectivity index is 1.22. The lowest BCUT2D eigenvalue weighted by atomic mass is 9.68. The monoisotopic (exact) mass is 511 g/mol. The summed E-state index contributed by atoms with van der Waals surface area (Å²) in [6.45, 7) is 6.07. The normalized spacial score (nSPS) is 24.1. The second-order valence-electron chi connectivity index (χ2n) is 10.2. The van der Waals surface area contributed by atoms with Crippen LogP contribution in [0.3, 0.4) is 0 Å². The van der Waals surface area contributed by atoms with E-state index in [2.05, 4.69) is 26.3 Å². The topological polar surface area (TPSA) is 111 Å². The number of hydrogen-bond donors (Lipinski definition) is 1. The predicted octanol–water partition coefficient (Wildman–Crippen LogP) is 3.96. The second kappa shape index (κ2) is 9.57. The summed E-state index contributed by atoms with van der Waals surface area (Å²) in [4.78, 5) is 38.4. The maximum Gasteiger partial charge on any atom is 0.255 e. The molecule has 3 unspecified atom stereocenters. The van der Waals surface area contributed by atoms with Gasteiger partial charge in [-0.25, -0.2) is 4.98 Å². The maximum absolute atomic E-state index is 12.7. The average Bonchev–Trinajstić information content (AvgIpc) is 2.98. The zero-order valence-electron chi connectivity index (χ0n) is 21.0. The van der Waals surface area contributed by atoms with Crippen molar-refractivity contribution >= 4 is 17.6 Å². The molecule has 4 heterocycles. The molecule has 0 radical (unpaired) electrons. The summed E-state index contributed by atoms with van der Waals surface area (Å²) in [5, 5.41) is 0. The van der Waals surface area contributed by atoms with Gasteiger partial charge in [0.05, 0.1) is 5.54 Å². The van der Waals surface area contributed by atoms with Crippen molar-refractivity contribution in [3.8, 4) is 23.1 Å². The number of fused-ring (bicyclic) bond motifs is 1. The molecule has 0 spiro atoms. The van der Waals surface area contributed by atoms with Crippen molar-refractivity contribution in [2.24, 2.45) is 11.7 Å². The average molecular weight is 512 g/mol. The van der Waals surface area contributed by atoms with E-state index in [0.29, 0.717) is 29.9 Å². The molecule has 0 saturated carbocycles. The quantitative estimate of drug-likeness (QED) is 0.453. The van der Waals surface area contributed by atoms with E-state index in [-0.39, 0.29) is 28.8 Å². The minimum Gasteiger partial charge on any atom is -0.457 e. The number of hydrogen-bond acceptors (Lipinski definition) is 8. The molecule has 3 saturated heterocycles. The van der Waals surface area contributed by atoms with Gasteiger partial charge >= 0.3 is 0 Å². The molecule has 6 rings (SSSR count). The third kappa shape index (κ3) is 4.28. The molecule has 0 aliphatic carbocycles. The van der Waals surface area contributed by atoms with Crippen molar-refractivity contribution in [1.82, 2.24) is 14.9 Å². The Bertz CT molecular complexity index is 1380. The molecule has 3 atom stereocenters. The van der Waals surface area contributed by atoms with Crippen LogP contribution in [-0.4, -0.2) is 57.8 Å². The summed E-state index contributed by atoms with van der Waals surface area (Å²) >= 11 is 0. The summed E-state index contributed by atoms with van der Waals surface area (Å²) in [6.07, 6.45) is 5.51. The zero-order valence-corrected chi connectivity index (χ0v) is 21.0. The summed E-state index contributed by atoms with van der Waals surface area (Å²) in [7, 11) is 0. The van der Waals surface area contributed by atoms with Gasteiger partial charge in [0.15, 0.2) is 5.78 Å². The fraction of sp³-hybridized carbons (Fsp3) is 0.310. The third-order valence-electron chi connectivity index (χ3n) is 7.85. The number of carbonyl (C=O) groups excluding carboxylic acids is 2. The van der Waals surface area contributed by atoms with Gasteiger partial charge in [0, 0.05) is 31.9 Å². The first kappa shape index (κ1) is 24.1. The lowest BCUT2D eigenvalue weighted by molar-refractivity contribution is -0.151. The summed E-state index contributed by atoms with van der Waals surface area (Å²) in [5.74, 6) is 2.31. The van der Waals surface area contributed by atoms with Gasteiger partial charge in [0.25, 0.3) is 5.91 Å². The molecular formula is C29H29N5O4. The molecule has 2 aromatic carbocycles. The first-order chi connectivity index (χ1) is 18.4. The minimum absolute atomic E-state index is 0.106. The summed E-state index contributed by atoms with van der Waals surface area (Å²) in [6, 6.07) is 16.8. The Labute approximate surface area is 220 Å². The van der Waals surface area contributed by atoms with E-state index in [1.807, 2.05) is 30.3 Å². The lowest BCUT2D eigenvalue weighted by Crippen LogP contribution is -2.72. The van der Waals surface area contributed by atoms with E-state index in [9.17, 15) is 9.59 Å². The number of anilines is 1. The number of aromatic nitrogens is 2. The number of ketones is 1. The van der Waals surface area contributed by atoms with E-state index < -0.39 is 5.91 Å². The van der Waals surface area contributed by atoms with Crippen LogP contribution in [0.5, 0.6) is 23.1 Å². The van der Waals surface area contributed by atoms with Gasteiger partial charge in [-0.15, -0.1) is 0 Å².